The van der Waals surface area contributed by atoms with Gasteiger partial charge in [0.15, 0.2) is 0 Å². The molecule has 0 spiro atoms. The number of allylic oxidation sites excluding steroid dienone is 1. The minimum Gasteiger partial charge on any atom is -0.304 e. The molecule has 124 valence electrons. The monoisotopic (exact) mass is 310 g/mol. The third-order valence-electron chi connectivity index (χ3n) is 3.11. The summed E-state index contributed by atoms with van der Waals surface area (Å²) in [4.78, 5) is 4.34. The summed E-state index contributed by atoms with van der Waals surface area (Å²) in [5.41, 5.74) is 2.51. The Hall–Kier alpha value is -2.35. The quantitative estimate of drug-likeness (QED) is 0.602. The Morgan fingerprint density at radius 3 is 2.17 bits per heavy atom. The van der Waals surface area contributed by atoms with Crippen LogP contribution >= 0.6 is 0 Å². The van der Waals surface area contributed by atoms with Crippen LogP contribution in [-0.2, 0) is 6.42 Å². The Balaban J connectivity index is 0.000000868. The van der Waals surface area contributed by atoms with E-state index < -0.39 is 0 Å². The molecule has 23 heavy (non-hydrogen) atoms. The zero-order chi connectivity index (χ0) is 17.7. The first kappa shape index (κ1) is 20.6. The van der Waals surface area contributed by atoms with Gasteiger partial charge in [-0.2, -0.15) is 0 Å². The van der Waals surface area contributed by atoms with E-state index >= 15 is 0 Å². The predicted octanol–water partition coefficient (Wildman–Crippen LogP) is 6.19. The van der Waals surface area contributed by atoms with Crippen molar-refractivity contribution in [2.24, 2.45) is 0 Å². The van der Waals surface area contributed by atoms with Crippen molar-refractivity contribution in [2.45, 2.75) is 40.0 Å². The van der Waals surface area contributed by atoms with Gasteiger partial charge in [-0.1, -0.05) is 70.3 Å². The van der Waals surface area contributed by atoms with Crippen LogP contribution in [0.25, 0.3) is 12.3 Å². The highest BCUT2D eigenvalue weighted by Gasteiger charge is 2.13. The number of aromatic nitrogens is 2. The summed E-state index contributed by atoms with van der Waals surface area (Å²) in [5.74, 6) is 1.24. The number of hydrogen-bond acceptors (Lipinski definition) is 1. The fourth-order valence-electron chi connectivity index (χ4n) is 2.18. The minimum atomic E-state index is 0.395. The lowest BCUT2D eigenvalue weighted by molar-refractivity contribution is 0.717. The van der Waals surface area contributed by atoms with Crippen molar-refractivity contribution >= 4 is 12.3 Å². The van der Waals surface area contributed by atoms with Gasteiger partial charge in [-0.3, -0.25) is 0 Å². The maximum atomic E-state index is 4.34. The molecule has 0 fully saturated rings. The van der Waals surface area contributed by atoms with Crippen LogP contribution in [0.2, 0.25) is 0 Å². The van der Waals surface area contributed by atoms with Gasteiger partial charge in [-0.05, 0) is 25.0 Å². The largest absolute Gasteiger partial charge is 0.304 e. The molecule has 0 N–H and O–H groups in total. The van der Waals surface area contributed by atoms with E-state index in [1.54, 1.807) is 18.4 Å². The van der Waals surface area contributed by atoms with Crippen LogP contribution in [-0.4, -0.2) is 9.55 Å². The number of benzene rings is 1. The van der Waals surface area contributed by atoms with Gasteiger partial charge in [0, 0.05) is 24.0 Å². The smallest absolute Gasteiger partial charge is 0.136 e. The van der Waals surface area contributed by atoms with Crippen molar-refractivity contribution in [3.05, 3.63) is 79.4 Å². The van der Waals surface area contributed by atoms with Gasteiger partial charge in [0.25, 0.3) is 0 Å². The van der Waals surface area contributed by atoms with Crippen molar-refractivity contribution in [1.82, 2.24) is 9.55 Å². The van der Waals surface area contributed by atoms with Crippen LogP contribution in [0.1, 0.15) is 50.7 Å². The molecule has 2 aromatic rings. The summed E-state index contributed by atoms with van der Waals surface area (Å²) in [7, 11) is 0. The minimum absolute atomic E-state index is 0.395. The van der Waals surface area contributed by atoms with Crippen LogP contribution in [0.4, 0.5) is 0 Å². The lowest BCUT2D eigenvalue weighted by Crippen LogP contribution is -2.04. The molecule has 0 amide bonds. The normalized spacial score (nSPS) is 10.3. The van der Waals surface area contributed by atoms with Gasteiger partial charge >= 0.3 is 0 Å². The average molecular weight is 310 g/mol. The van der Waals surface area contributed by atoms with E-state index in [4.69, 9.17) is 0 Å². The molecular weight excluding hydrogens is 280 g/mol. The predicted molar refractivity (Wildman–Crippen MR) is 104 cm³/mol. The van der Waals surface area contributed by atoms with Crippen LogP contribution in [0.3, 0.4) is 0 Å². The van der Waals surface area contributed by atoms with E-state index in [9.17, 15) is 0 Å². The SMILES string of the molecule is C=CC.C=Cc1ncc(C(C)Cc2ccccc2)n1C=C.CC. The highest BCUT2D eigenvalue weighted by atomic mass is 15.1. The molecular formula is C21H30N2. The standard InChI is InChI=1S/C16H18N2.C3H6.C2H6/c1-4-16-17-12-15(18(16)5-2)13(3)11-14-9-7-6-8-10-14;1-3-2;1-2/h4-10,12-13H,1-2,11H2,3H3;3H,1H2,2H3;1-2H3. The molecule has 2 nitrogen and oxygen atoms in total. The molecule has 0 radical (unpaired) electrons. The molecule has 0 aliphatic heterocycles. The molecule has 1 unspecified atom stereocenters. The molecule has 0 saturated carbocycles. The highest BCUT2D eigenvalue weighted by molar-refractivity contribution is 5.44. The van der Waals surface area contributed by atoms with Gasteiger partial charge < -0.3 is 4.57 Å². The molecule has 1 atom stereocenters. The first-order valence-electron chi connectivity index (χ1n) is 8.11. The highest BCUT2D eigenvalue weighted by Crippen LogP contribution is 2.22. The van der Waals surface area contributed by atoms with Crippen molar-refractivity contribution in [2.75, 3.05) is 0 Å². The Morgan fingerprint density at radius 2 is 1.70 bits per heavy atom. The van der Waals surface area contributed by atoms with Crippen LogP contribution in [0.15, 0.2) is 62.3 Å². The number of rotatable bonds is 5. The van der Waals surface area contributed by atoms with Gasteiger partial charge in [0.05, 0.1) is 0 Å². The lowest BCUT2D eigenvalue weighted by atomic mass is 9.98. The van der Waals surface area contributed by atoms with E-state index in [0.717, 1.165) is 12.2 Å². The van der Waals surface area contributed by atoms with E-state index in [0.29, 0.717) is 5.92 Å². The van der Waals surface area contributed by atoms with Gasteiger partial charge in [-0.25, -0.2) is 4.98 Å². The van der Waals surface area contributed by atoms with Crippen molar-refractivity contribution in [1.29, 1.82) is 0 Å². The Bertz CT molecular complexity index is 579. The maximum absolute atomic E-state index is 4.34. The summed E-state index contributed by atoms with van der Waals surface area (Å²) < 4.78 is 2.00. The summed E-state index contributed by atoms with van der Waals surface area (Å²) >= 11 is 0. The molecule has 1 aromatic carbocycles. The molecule has 1 aromatic heterocycles. The van der Waals surface area contributed by atoms with Gasteiger partial charge in [0.2, 0.25) is 0 Å². The van der Waals surface area contributed by atoms with E-state index in [2.05, 4.69) is 55.9 Å². The Labute approximate surface area is 141 Å². The topological polar surface area (TPSA) is 17.8 Å². The molecule has 0 saturated heterocycles. The van der Waals surface area contributed by atoms with Crippen LogP contribution < -0.4 is 0 Å². The third kappa shape index (κ3) is 6.52. The summed E-state index contributed by atoms with van der Waals surface area (Å²) in [6.45, 7) is 19.1. The second-order valence-electron chi connectivity index (χ2n) is 4.80. The van der Waals surface area contributed by atoms with Crippen molar-refractivity contribution in [3.8, 4) is 0 Å². The lowest BCUT2D eigenvalue weighted by Gasteiger charge is -2.13. The zero-order valence-electron chi connectivity index (χ0n) is 15.0. The Kier molecular flexibility index (Phi) is 11.0. The molecule has 1 heterocycles. The van der Waals surface area contributed by atoms with Gasteiger partial charge in [0.1, 0.15) is 5.82 Å². The molecule has 0 aliphatic carbocycles. The molecule has 2 heteroatoms. The molecule has 0 aliphatic rings. The van der Waals surface area contributed by atoms with E-state index in [-0.39, 0.29) is 0 Å². The molecule has 2 rings (SSSR count). The second kappa shape index (κ2) is 12.2. The number of imidazole rings is 1. The summed E-state index contributed by atoms with van der Waals surface area (Å²) in [5, 5.41) is 0. The summed E-state index contributed by atoms with van der Waals surface area (Å²) in [6.07, 6.45) is 8.20. The van der Waals surface area contributed by atoms with Crippen molar-refractivity contribution in [3.63, 3.8) is 0 Å². The summed E-state index contributed by atoms with van der Waals surface area (Å²) in [6, 6.07) is 10.5. The van der Waals surface area contributed by atoms with Crippen molar-refractivity contribution < 1.29 is 0 Å². The Morgan fingerprint density at radius 1 is 1.13 bits per heavy atom. The maximum Gasteiger partial charge on any atom is 0.136 e. The average Bonchev–Trinajstić information content (AvgIpc) is 3.01. The first-order chi connectivity index (χ1) is 11.2. The van der Waals surface area contributed by atoms with E-state index in [1.807, 2.05) is 37.6 Å². The third-order valence-corrected chi connectivity index (χ3v) is 3.11. The first-order valence-corrected chi connectivity index (χ1v) is 8.11. The fraction of sp³-hybridized carbons (Fsp3) is 0.286. The second-order valence-corrected chi connectivity index (χ2v) is 4.80. The van der Waals surface area contributed by atoms with Gasteiger partial charge in [-0.15, -0.1) is 6.58 Å². The molecule has 0 bridgehead atoms. The fourth-order valence-corrected chi connectivity index (χ4v) is 2.18. The van der Waals surface area contributed by atoms with Crippen LogP contribution in [0.5, 0.6) is 0 Å². The van der Waals surface area contributed by atoms with E-state index in [1.165, 1.54) is 11.3 Å². The number of hydrogen-bond donors (Lipinski definition) is 0. The number of nitrogens with zero attached hydrogens (tertiary/aromatic N) is 2. The van der Waals surface area contributed by atoms with Crippen LogP contribution in [0, 0.1) is 0 Å². The zero-order valence-corrected chi connectivity index (χ0v) is 15.0.